The highest BCUT2D eigenvalue weighted by Gasteiger charge is 2.37. The number of hydrogen-bond acceptors (Lipinski definition) is 2. The SMILES string of the molecule is CCN(C1CC2CCC(C1)N2)C(C)c1cccc(Cl)c1. The van der Waals surface area contributed by atoms with E-state index < -0.39 is 0 Å². The van der Waals surface area contributed by atoms with Gasteiger partial charge in [0.2, 0.25) is 0 Å². The highest BCUT2D eigenvalue weighted by atomic mass is 35.5. The first-order valence-electron chi connectivity index (χ1n) is 7.94. The van der Waals surface area contributed by atoms with Crippen molar-refractivity contribution in [2.75, 3.05) is 6.54 Å². The zero-order chi connectivity index (χ0) is 14.1. The van der Waals surface area contributed by atoms with Crippen LogP contribution in [0.5, 0.6) is 0 Å². The Labute approximate surface area is 127 Å². The van der Waals surface area contributed by atoms with Crippen molar-refractivity contribution in [3.63, 3.8) is 0 Å². The van der Waals surface area contributed by atoms with Crippen molar-refractivity contribution in [1.82, 2.24) is 10.2 Å². The molecule has 20 heavy (non-hydrogen) atoms. The molecule has 0 radical (unpaired) electrons. The van der Waals surface area contributed by atoms with Crippen LogP contribution in [0, 0.1) is 0 Å². The van der Waals surface area contributed by atoms with E-state index in [4.69, 9.17) is 11.6 Å². The molecule has 2 saturated heterocycles. The van der Waals surface area contributed by atoms with Crippen molar-refractivity contribution in [3.8, 4) is 0 Å². The van der Waals surface area contributed by atoms with Crippen molar-refractivity contribution < 1.29 is 0 Å². The van der Waals surface area contributed by atoms with Gasteiger partial charge in [-0.1, -0.05) is 30.7 Å². The Morgan fingerprint density at radius 1 is 1.30 bits per heavy atom. The Bertz CT molecular complexity index is 450. The van der Waals surface area contributed by atoms with Crippen LogP contribution in [0.3, 0.4) is 0 Å². The lowest BCUT2D eigenvalue weighted by atomic mass is 9.95. The van der Waals surface area contributed by atoms with E-state index in [2.05, 4.69) is 42.3 Å². The molecule has 1 aromatic rings. The number of fused-ring (bicyclic) bond motifs is 2. The number of halogens is 1. The lowest BCUT2D eigenvalue weighted by molar-refractivity contribution is 0.108. The van der Waals surface area contributed by atoms with Gasteiger partial charge in [0.15, 0.2) is 0 Å². The maximum atomic E-state index is 6.15. The Kier molecular flexibility index (Phi) is 4.34. The average Bonchev–Trinajstić information content (AvgIpc) is 2.78. The highest BCUT2D eigenvalue weighted by Crippen LogP contribution is 2.34. The molecule has 3 atom stereocenters. The number of nitrogens with zero attached hydrogens (tertiary/aromatic N) is 1. The van der Waals surface area contributed by atoms with E-state index in [1.165, 1.54) is 31.2 Å². The number of hydrogen-bond donors (Lipinski definition) is 1. The molecule has 0 saturated carbocycles. The fourth-order valence-corrected chi connectivity index (χ4v) is 4.30. The molecule has 0 aliphatic carbocycles. The Morgan fingerprint density at radius 2 is 2.00 bits per heavy atom. The van der Waals surface area contributed by atoms with Crippen LogP contribution in [0.4, 0.5) is 0 Å². The van der Waals surface area contributed by atoms with Crippen LogP contribution in [0.2, 0.25) is 5.02 Å². The lowest BCUT2D eigenvalue weighted by Gasteiger charge is -2.40. The van der Waals surface area contributed by atoms with Gasteiger partial charge in [-0.2, -0.15) is 0 Å². The normalized spacial score (nSPS) is 30.7. The van der Waals surface area contributed by atoms with Gasteiger partial charge in [-0.05, 0) is 56.8 Å². The molecule has 3 heteroatoms. The minimum Gasteiger partial charge on any atom is -0.311 e. The molecule has 0 spiro atoms. The monoisotopic (exact) mass is 292 g/mol. The molecule has 1 aromatic carbocycles. The van der Waals surface area contributed by atoms with E-state index in [1.807, 2.05) is 6.07 Å². The molecule has 2 aliphatic rings. The molecular weight excluding hydrogens is 268 g/mol. The topological polar surface area (TPSA) is 15.3 Å². The Hall–Kier alpha value is -0.570. The molecule has 3 unspecified atom stereocenters. The molecule has 3 rings (SSSR count). The average molecular weight is 293 g/mol. The predicted molar refractivity (Wildman–Crippen MR) is 85.2 cm³/mol. The van der Waals surface area contributed by atoms with E-state index in [0.29, 0.717) is 12.1 Å². The molecule has 110 valence electrons. The highest BCUT2D eigenvalue weighted by molar-refractivity contribution is 6.30. The van der Waals surface area contributed by atoms with Gasteiger partial charge in [-0.3, -0.25) is 4.90 Å². The quantitative estimate of drug-likeness (QED) is 0.902. The minimum absolute atomic E-state index is 0.446. The fourth-order valence-electron chi connectivity index (χ4n) is 4.10. The zero-order valence-electron chi connectivity index (χ0n) is 12.5. The first kappa shape index (κ1) is 14.4. The summed E-state index contributed by atoms with van der Waals surface area (Å²) in [6, 6.07) is 11.0. The van der Waals surface area contributed by atoms with Gasteiger partial charge in [0.1, 0.15) is 0 Å². The summed E-state index contributed by atoms with van der Waals surface area (Å²) in [5, 5.41) is 4.58. The van der Waals surface area contributed by atoms with Gasteiger partial charge >= 0.3 is 0 Å². The second-order valence-electron chi connectivity index (χ2n) is 6.32. The maximum absolute atomic E-state index is 6.15. The van der Waals surface area contributed by atoms with Crippen LogP contribution in [0.15, 0.2) is 24.3 Å². The van der Waals surface area contributed by atoms with E-state index in [0.717, 1.165) is 23.7 Å². The maximum Gasteiger partial charge on any atom is 0.0409 e. The Morgan fingerprint density at radius 3 is 2.60 bits per heavy atom. The number of piperidine rings is 1. The van der Waals surface area contributed by atoms with Crippen LogP contribution in [-0.2, 0) is 0 Å². The van der Waals surface area contributed by atoms with Gasteiger partial charge in [0.05, 0.1) is 0 Å². The number of nitrogens with one attached hydrogen (secondary N) is 1. The first-order chi connectivity index (χ1) is 9.67. The van der Waals surface area contributed by atoms with Crippen LogP contribution in [0.25, 0.3) is 0 Å². The van der Waals surface area contributed by atoms with Crippen LogP contribution < -0.4 is 5.32 Å². The lowest BCUT2D eigenvalue weighted by Crippen LogP contribution is -2.48. The summed E-state index contributed by atoms with van der Waals surface area (Å²) in [4.78, 5) is 2.66. The summed E-state index contributed by atoms with van der Waals surface area (Å²) in [6.07, 6.45) is 5.33. The molecule has 0 aromatic heterocycles. The van der Waals surface area contributed by atoms with Crippen molar-refractivity contribution >= 4 is 11.6 Å². The summed E-state index contributed by atoms with van der Waals surface area (Å²) in [5.74, 6) is 0. The smallest absolute Gasteiger partial charge is 0.0409 e. The second kappa shape index (κ2) is 6.05. The summed E-state index contributed by atoms with van der Waals surface area (Å²) >= 11 is 6.15. The van der Waals surface area contributed by atoms with Crippen molar-refractivity contribution in [2.45, 2.75) is 63.7 Å². The standard InChI is InChI=1S/C17H25ClN2/c1-3-20(12(2)13-5-4-6-14(18)9-13)17-10-15-7-8-16(11-17)19-15/h4-6,9,12,15-17,19H,3,7-8,10-11H2,1-2H3. The third-order valence-corrected chi connectivity index (χ3v) is 5.35. The first-order valence-corrected chi connectivity index (χ1v) is 8.32. The van der Waals surface area contributed by atoms with Gasteiger partial charge in [-0.15, -0.1) is 0 Å². The molecule has 2 fully saturated rings. The molecule has 1 N–H and O–H groups in total. The Balaban J connectivity index is 1.75. The van der Waals surface area contributed by atoms with E-state index in [-0.39, 0.29) is 0 Å². The van der Waals surface area contributed by atoms with Gasteiger partial charge in [-0.25, -0.2) is 0 Å². The fraction of sp³-hybridized carbons (Fsp3) is 0.647. The van der Waals surface area contributed by atoms with Crippen molar-refractivity contribution in [1.29, 1.82) is 0 Å². The number of benzene rings is 1. The summed E-state index contributed by atoms with van der Waals surface area (Å²) in [7, 11) is 0. The molecule has 2 nitrogen and oxygen atoms in total. The molecule has 2 bridgehead atoms. The van der Waals surface area contributed by atoms with Gasteiger partial charge in [0, 0.05) is 29.2 Å². The molecule has 2 heterocycles. The summed E-state index contributed by atoms with van der Waals surface area (Å²) in [5.41, 5.74) is 1.34. The summed E-state index contributed by atoms with van der Waals surface area (Å²) in [6.45, 7) is 5.71. The number of rotatable bonds is 4. The third kappa shape index (κ3) is 2.88. The van der Waals surface area contributed by atoms with E-state index in [9.17, 15) is 0 Å². The molecular formula is C17H25ClN2. The molecule has 2 aliphatic heterocycles. The predicted octanol–water partition coefficient (Wildman–Crippen LogP) is 4.01. The summed E-state index contributed by atoms with van der Waals surface area (Å²) < 4.78 is 0. The van der Waals surface area contributed by atoms with Crippen LogP contribution >= 0.6 is 11.6 Å². The van der Waals surface area contributed by atoms with E-state index in [1.54, 1.807) is 0 Å². The van der Waals surface area contributed by atoms with Crippen molar-refractivity contribution in [2.24, 2.45) is 0 Å². The third-order valence-electron chi connectivity index (χ3n) is 5.11. The van der Waals surface area contributed by atoms with Crippen LogP contribution in [0.1, 0.15) is 51.1 Å². The zero-order valence-corrected chi connectivity index (χ0v) is 13.2. The van der Waals surface area contributed by atoms with Gasteiger partial charge in [0.25, 0.3) is 0 Å². The van der Waals surface area contributed by atoms with Crippen LogP contribution in [-0.4, -0.2) is 29.6 Å². The van der Waals surface area contributed by atoms with Gasteiger partial charge < -0.3 is 5.32 Å². The van der Waals surface area contributed by atoms with Crippen molar-refractivity contribution in [3.05, 3.63) is 34.9 Å². The second-order valence-corrected chi connectivity index (χ2v) is 6.76. The minimum atomic E-state index is 0.446. The molecule has 0 amide bonds. The van der Waals surface area contributed by atoms with E-state index >= 15 is 0 Å². The largest absolute Gasteiger partial charge is 0.311 e.